The Kier molecular flexibility index (Phi) is 2.59. The second kappa shape index (κ2) is 3.48. The van der Waals surface area contributed by atoms with Crippen molar-refractivity contribution in [1.82, 2.24) is 4.98 Å². The number of aromatic nitrogens is 1. The molecule has 0 saturated heterocycles. The van der Waals surface area contributed by atoms with Gasteiger partial charge < -0.3 is 10.7 Å². The average molecular weight is 214 g/mol. The van der Waals surface area contributed by atoms with Gasteiger partial charge in [0.05, 0.1) is 0 Å². The summed E-state index contributed by atoms with van der Waals surface area (Å²) in [5.74, 6) is 0. The summed E-state index contributed by atoms with van der Waals surface area (Å²) >= 11 is 3.25. The molecule has 0 spiro atoms. The molecule has 0 aromatic carbocycles. The number of pyridine rings is 1. The van der Waals surface area contributed by atoms with E-state index in [0.717, 1.165) is 11.3 Å². The lowest BCUT2D eigenvalue weighted by molar-refractivity contribution is 1.26. The highest BCUT2D eigenvalue weighted by molar-refractivity contribution is 9.10. The Labute approximate surface area is 73.5 Å². The summed E-state index contributed by atoms with van der Waals surface area (Å²) in [6.07, 6.45) is 2.95. The molecule has 1 aromatic heterocycles. The van der Waals surface area contributed by atoms with Gasteiger partial charge in [-0.3, -0.25) is 0 Å². The molecule has 0 fully saturated rings. The fourth-order valence-corrected chi connectivity index (χ4v) is 1.25. The van der Waals surface area contributed by atoms with Crippen LogP contribution in [-0.4, -0.2) is 18.2 Å². The normalized spacial score (nSPS) is 9.27. The van der Waals surface area contributed by atoms with Gasteiger partial charge in [0, 0.05) is 30.7 Å². The van der Waals surface area contributed by atoms with Crippen molar-refractivity contribution in [3.05, 3.63) is 22.4 Å². The van der Waals surface area contributed by atoms with Gasteiger partial charge in [-0.15, -0.1) is 0 Å². The predicted molar refractivity (Wildman–Crippen MR) is 49.4 cm³/mol. The zero-order chi connectivity index (χ0) is 8.27. The highest BCUT2D eigenvalue weighted by Crippen LogP contribution is 2.19. The highest BCUT2D eigenvalue weighted by Gasteiger charge is 2.01. The van der Waals surface area contributed by atoms with Crippen LogP contribution >= 0.6 is 15.9 Å². The minimum atomic E-state index is 0.694. The smallest absolute Gasteiger partial charge is 0.116 e. The van der Waals surface area contributed by atoms with Crippen molar-refractivity contribution in [1.29, 1.82) is 5.41 Å². The third-order valence-corrected chi connectivity index (χ3v) is 1.99. The zero-order valence-corrected chi connectivity index (χ0v) is 7.64. The van der Waals surface area contributed by atoms with Gasteiger partial charge in [0.1, 0.15) is 4.60 Å². The minimum absolute atomic E-state index is 0.694. The second-order valence-electron chi connectivity index (χ2n) is 1.96. The molecule has 11 heavy (non-hydrogen) atoms. The fraction of sp³-hybridized carbons (Fsp3) is 0.143. The predicted octanol–water partition coefficient (Wildman–Crippen LogP) is 1.88. The molecule has 0 amide bonds. The van der Waals surface area contributed by atoms with Crippen LogP contribution in [0.3, 0.4) is 0 Å². The van der Waals surface area contributed by atoms with Crippen molar-refractivity contribution in [2.45, 2.75) is 0 Å². The van der Waals surface area contributed by atoms with E-state index in [9.17, 15) is 0 Å². The summed E-state index contributed by atoms with van der Waals surface area (Å²) in [7, 11) is 1.81. The maximum Gasteiger partial charge on any atom is 0.116 e. The van der Waals surface area contributed by atoms with Gasteiger partial charge in [-0.2, -0.15) is 0 Å². The molecular formula is C7H8BrN3. The summed E-state index contributed by atoms with van der Waals surface area (Å²) < 4.78 is 0.694. The Balaban J connectivity index is 3.24. The first-order valence-electron chi connectivity index (χ1n) is 3.12. The summed E-state index contributed by atoms with van der Waals surface area (Å²) in [5.41, 5.74) is 1.68. The first-order chi connectivity index (χ1) is 5.29. The van der Waals surface area contributed by atoms with Gasteiger partial charge in [0.2, 0.25) is 0 Å². The van der Waals surface area contributed by atoms with Crippen LogP contribution in [0.5, 0.6) is 0 Å². The summed E-state index contributed by atoms with van der Waals surface area (Å²) in [6, 6.07) is 1.82. The van der Waals surface area contributed by atoms with E-state index in [1.807, 2.05) is 13.1 Å². The number of hydrogen-bond acceptors (Lipinski definition) is 3. The molecule has 0 bridgehead atoms. The van der Waals surface area contributed by atoms with Crippen molar-refractivity contribution >= 4 is 27.8 Å². The van der Waals surface area contributed by atoms with Crippen LogP contribution in [0.4, 0.5) is 5.69 Å². The van der Waals surface area contributed by atoms with E-state index in [0.29, 0.717) is 4.60 Å². The lowest BCUT2D eigenvalue weighted by Gasteiger charge is -2.04. The Bertz CT molecular complexity index is 272. The van der Waals surface area contributed by atoms with Gasteiger partial charge in [-0.25, -0.2) is 4.98 Å². The van der Waals surface area contributed by atoms with Crippen molar-refractivity contribution < 1.29 is 0 Å². The number of rotatable bonds is 2. The van der Waals surface area contributed by atoms with Crippen molar-refractivity contribution in [2.75, 3.05) is 12.4 Å². The maximum absolute atomic E-state index is 7.09. The van der Waals surface area contributed by atoms with Crippen LogP contribution in [0.2, 0.25) is 0 Å². The molecular weight excluding hydrogens is 206 g/mol. The van der Waals surface area contributed by atoms with E-state index in [4.69, 9.17) is 5.41 Å². The third-order valence-electron chi connectivity index (χ3n) is 1.36. The van der Waals surface area contributed by atoms with E-state index in [-0.39, 0.29) is 0 Å². The highest BCUT2D eigenvalue weighted by atomic mass is 79.9. The second-order valence-corrected chi connectivity index (χ2v) is 2.71. The van der Waals surface area contributed by atoms with Gasteiger partial charge >= 0.3 is 0 Å². The van der Waals surface area contributed by atoms with E-state index < -0.39 is 0 Å². The molecule has 58 valence electrons. The molecule has 0 aliphatic heterocycles. The van der Waals surface area contributed by atoms with Crippen LogP contribution in [-0.2, 0) is 0 Å². The third kappa shape index (κ3) is 1.57. The standard InChI is InChI=1S/C7H8BrN3/c1-10-6-2-3-11-7(8)5(6)4-9/h2-4,9H,1H3,(H,10,11). The summed E-state index contributed by atoms with van der Waals surface area (Å²) in [6.45, 7) is 0. The van der Waals surface area contributed by atoms with Crippen molar-refractivity contribution in [3.63, 3.8) is 0 Å². The molecule has 0 aliphatic rings. The lowest BCUT2D eigenvalue weighted by Crippen LogP contribution is -1.96. The monoisotopic (exact) mass is 213 g/mol. The molecule has 0 unspecified atom stereocenters. The van der Waals surface area contributed by atoms with E-state index >= 15 is 0 Å². The SMILES string of the molecule is CNc1ccnc(Br)c1C=N. The number of anilines is 1. The molecule has 0 radical (unpaired) electrons. The molecule has 0 saturated carbocycles. The minimum Gasteiger partial charge on any atom is -0.387 e. The zero-order valence-electron chi connectivity index (χ0n) is 6.06. The van der Waals surface area contributed by atoms with Gasteiger partial charge in [-0.1, -0.05) is 0 Å². The number of nitrogens with zero attached hydrogens (tertiary/aromatic N) is 1. The number of nitrogens with one attached hydrogen (secondary N) is 2. The van der Waals surface area contributed by atoms with E-state index in [2.05, 4.69) is 26.2 Å². The first kappa shape index (κ1) is 8.20. The average Bonchev–Trinajstić information content (AvgIpc) is 2.04. The lowest BCUT2D eigenvalue weighted by atomic mass is 10.2. The van der Waals surface area contributed by atoms with Crippen LogP contribution in [0.15, 0.2) is 16.9 Å². The Morgan fingerprint density at radius 1 is 1.73 bits per heavy atom. The van der Waals surface area contributed by atoms with Crippen LogP contribution in [0, 0.1) is 5.41 Å². The first-order valence-corrected chi connectivity index (χ1v) is 3.91. The van der Waals surface area contributed by atoms with Crippen LogP contribution in [0.1, 0.15) is 5.56 Å². The Morgan fingerprint density at radius 2 is 2.45 bits per heavy atom. The molecule has 1 aromatic rings. The van der Waals surface area contributed by atoms with Gasteiger partial charge in [0.25, 0.3) is 0 Å². The number of hydrogen-bond donors (Lipinski definition) is 2. The topological polar surface area (TPSA) is 48.8 Å². The quantitative estimate of drug-likeness (QED) is 0.583. The van der Waals surface area contributed by atoms with Gasteiger partial charge in [0.15, 0.2) is 0 Å². The molecule has 4 heteroatoms. The molecule has 0 aliphatic carbocycles. The molecule has 3 nitrogen and oxygen atoms in total. The van der Waals surface area contributed by atoms with Gasteiger partial charge in [-0.05, 0) is 22.0 Å². The van der Waals surface area contributed by atoms with Crippen LogP contribution in [0.25, 0.3) is 0 Å². The molecule has 0 atom stereocenters. The van der Waals surface area contributed by atoms with Crippen LogP contribution < -0.4 is 5.32 Å². The fourth-order valence-electron chi connectivity index (χ4n) is 0.803. The number of halogens is 1. The van der Waals surface area contributed by atoms with E-state index in [1.165, 1.54) is 6.21 Å². The molecule has 2 N–H and O–H groups in total. The van der Waals surface area contributed by atoms with Crippen molar-refractivity contribution in [3.8, 4) is 0 Å². The Hall–Kier alpha value is -0.900. The molecule has 1 heterocycles. The Morgan fingerprint density at radius 3 is 2.91 bits per heavy atom. The van der Waals surface area contributed by atoms with E-state index in [1.54, 1.807) is 6.20 Å². The molecule has 1 rings (SSSR count). The largest absolute Gasteiger partial charge is 0.387 e. The summed E-state index contributed by atoms with van der Waals surface area (Å²) in [5, 5.41) is 10.1. The summed E-state index contributed by atoms with van der Waals surface area (Å²) in [4.78, 5) is 3.98. The van der Waals surface area contributed by atoms with Crippen molar-refractivity contribution in [2.24, 2.45) is 0 Å². The maximum atomic E-state index is 7.09.